The molecule has 1 nitrogen and oxygen atoms in total. The second-order valence-corrected chi connectivity index (χ2v) is 5.20. The molecule has 0 spiro atoms. The zero-order valence-electron chi connectivity index (χ0n) is 10.5. The average Bonchev–Trinajstić information content (AvgIpc) is 2.40. The lowest BCUT2D eigenvalue weighted by atomic mass is 10.1. The zero-order valence-corrected chi connectivity index (χ0v) is 12.0. The highest BCUT2D eigenvalue weighted by Crippen LogP contribution is 2.23. The first-order valence-corrected chi connectivity index (χ1v) is 6.75. The fourth-order valence-corrected chi connectivity index (χ4v) is 2.37. The Bertz CT molecular complexity index is 572. The molecule has 2 rings (SSSR count). The summed E-state index contributed by atoms with van der Waals surface area (Å²) < 4.78 is 13.6. The molecular formula is C15H14Cl2FN. The number of nitrogens with one attached hydrogen (secondary N) is 1. The fraction of sp³-hybridized carbons (Fsp3) is 0.200. The molecule has 2 aromatic carbocycles. The second-order valence-electron chi connectivity index (χ2n) is 4.36. The molecule has 19 heavy (non-hydrogen) atoms. The van der Waals surface area contributed by atoms with Gasteiger partial charge in [0.25, 0.3) is 0 Å². The van der Waals surface area contributed by atoms with Crippen molar-refractivity contribution in [2.45, 2.75) is 19.5 Å². The molecule has 0 fully saturated rings. The third kappa shape index (κ3) is 3.69. The van der Waals surface area contributed by atoms with Crippen LogP contribution in [0.5, 0.6) is 0 Å². The maximum atomic E-state index is 13.6. The van der Waals surface area contributed by atoms with Gasteiger partial charge in [0.05, 0.1) is 0 Å². The molecule has 0 aliphatic rings. The Labute approximate surface area is 122 Å². The van der Waals surface area contributed by atoms with Gasteiger partial charge >= 0.3 is 0 Å². The van der Waals surface area contributed by atoms with Gasteiger partial charge in [0.15, 0.2) is 0 Å². The van der Waals surface area contributed by atoms with Crippen LogP contribution in [0.25, 0.3) is 0 Å². The molecule has 0 saturated carbocycles. The minimum Gasteiger partial charge on any atom is -0.306 e. The van der Waals surface area contributed by atoms with E-state index in [2.05, 4.69) is 5.32 Å². The number of halogens is 3. The Balaban J connectivity index is 2.06. The summed E-state index contributed by atoms with van der Waals surface area (Å²) in [5.41, 5.74) is 1.54. The van der Waals surface area contributed by atoms with E-state index in [9.17, 15) is 4.39 Å². The lowest BCUT2D eigenvalue weighted by molar-refractivity contribution is 0.544. The predicted octanol–water partition coefficient (Wildman–Crippen LogP) is 4.98. The van der Waals surface area contributed by atoms with Crippen LogP contribution in [0.15, 0.2) is 42.5 Å². The first kappa shape index (κ1) is 14.3. The van der Waals surface area contributed by atoms with Crippen molar-refractivity contribution < 1.29 is 4.39 Å². The Morgan fingerprint density at radius 3 is 2.63 bits per heavy atom. The van der Waals surface area contributed by atoms with E-state index in [0.29, 0.717) is 22.2 Å². The minimum absolute atomic E-state index is 0.0343. The molecular weight excluding hydrogens is 284 g/mol. The first-order chi connectivity index (χ1) is 9.08. The van der Waals surface area contributed by atoms with Gasteiger partial charge in [-0.1, -0.05) is 41.4 Å². The topological polar surface area (TPSA) is 12.0 Å². The van der Waals surface area contributed by atoms with Crippen LogP contribution in [0, 0.1) is 5.82 Å². The van der Waals surface area contributed by atoms with Crippen LogP contribution in [0.1, 0.15) is 24.1 Å². The van der Waals surface area contributed by atoms with E-state index in [4.69, 9.17) is 23.2 Å². The molecule has 1 atom stereocenters. The van der Waals surface area contributed by atoms with Crippen LogP contribution in [-0.4, -0.2) is 0 Å². The van der Waals surface area contributed by atoms with E-state index in [0.717, 1.165) is 5.56 Å². The third-order valence-corrected chi connectivity index (χ3v) is 3.56. The van der Waals surface area contributed by atoms with Crippen LogP contribution < -0.4 is 5.32 Å². The largest absolute Gasteiger partial charge is 0.306 e. The van der Waals surface area contributed by atoms with Gasteiger partial charge in [-0.25, -0.2) is 4.39 Å². The summed E-state index contributed by atoms with van der Waals surface area (Å²) in [5, 5.41) is 4.47. The number of hydrogen-bond acceptors (Lipinski definition) is 1. The van der Waals surface area contributed by atoms with Crippen molar-refractivity contribution in [2.75, 3.05) is 0 Å². The van der Waals surface area contributed by atoms with Crippen LogP contribution in [0.3, 0.4) is 0 Å². The van der Waals surface area contributed by atoms with Crippen molar-refractivity contribution in [1.82, 2.24) is 5.32 Å². The van der Waals surface area contributed by atoms with Crippen molar-refractivity contribution >= 4 is 23.2 Å². The van der Waals surface area contributed by atoms with Gasteiger partial charge in [0.1, 0.15) is 5.82 Å². The smallest absolute Gasteiger partial charge is 0.127 e. The van der Waals surface area contributed by atoms with Gasteiger partial charge in [-0.2, -0.15) is 0 Å². The van der Waals surface area contributed by atoms with E-state index < -0.39 is 0 Å². The van der Waals surface area contributed by atoms with Gasteiger partial charge in [-0.15, -0.1) is 0 Å². The molecule has 1 N–H and O–H groups in total. The monoisotopic (exact) mass is 297 g/mol. The Hall–Kier alpha value is -1.09. The van der Waals surface area contributed by atoms with E-state index in [-0.39, 0.29) is 11.9 Å². The highest BCUT2D eigenvalue weighted by atomic mass is 35.5. The highest BCUT2D eigenvalue weighted by Gasteiger charge is 2.10. The van der Waals surface area contributed by atoms with Crippen molar-refractivity contribution in [3.8, 4) is 0 Å². The van der Waals surface area contributed by atoms with Gasteiger partial charge in [0.2, 0.25) is 0 Å². The Kier molecular flexibility index (Phi) is 4.81. The molecule has 0 aliphatic carbocycles. The lowest BCUT2D eigenvalue weighted by Gasteiger charge is -2.16. The molecule has 0 amide bonds. The molecule has 0 unspecified atom stereocenters. The zero-order chi connectivity index (χ0) is 13.8. The lowest BCUT2D eigenvalue weighted by Crippen LogP contribution is -2.19. The van der Waals surface area contributed by atoms with E-state index in [1.165, 1.54) is 12.1 Å². The van der Waals surface area contributed by atoms with E-state index >= 15 is 0 Å². The maximum Gasteiger partial charge on any atom is 0.127 e. The third-order valence-electron chi connectivity index (χ3n) is 2.98. The van der Waals surface area contributed by atoms with Crippen LogP contribution in [-0.2, 0) is 6.54 Å². The summed E-state index contributed by atoms with van der Waals surface area (Å²) in [7, 11) is 0. The summed E-state index contributed by atoms with van der Waals surface area (Å²) in [6, 6.07) is 12.2. The van der Waals surface area contributed by atoms with Gasteiger partial charge in [-0.3, -0.25) is 0 Å². The standard InChI is InChI=1S/C15H14Cl2FN/c1-10(13-4-2-3-5-14(13)17)19-9-11-8-12(16)6-7-15(11)18/h2-8,10,19H,9H2,1H3/t10-/m1/s1. The number of hydrogen-bond donors (Lipinski definition) is 1. The fourth-order valence-electron chi connectivity index (χ4n) is 1.88. The summed E-state index contributed by atoms with van der Waals surface area (Å²) in [5.74, 6) is -0.261. The van der Waals surface area contributed by atoms with Crippen molar-refractivity contribution in [3.63, 3.8) is 0 Å². The minimum atomic E-state index is -0.261. The summed E-state index contributed by atoms with van der Waals surface area (Å²) >= 11 is 12.0. The molecule has 4 heteroatoms. The quantitative estimate of drug-likeness (QED) is 0.839. The number of benzene rings is 2. The predicted molar refractivity (Wildman–Crippen MR) is 78.1 cm³/mol. The molecule has 100 valence electrons. The molecule has 2 aromatic rings. The SMILES string of the molecule is C[C@@H](NCc1cc(Cl)ccc1F)c1ccccc1Cl. The van der Waals surface area contributed by atoms with E-state index in [1.807, 2.05) is 31.2 Å². The Morgan fingerprint density at radius 2 is 1.89 bits per heavy atom. The van der Waals surface area contributed by atoms with Gasteiger partial charge in [0, 0.05) is 28.2 Å². The molecule has 0 saturated heterocycles. The molecule has 0 aromatic heterocycles. The van der Waals surface area contributed by atoms with Crippen LogP contribution in [0.4, 0.5) is 4.39 Å². The van der Waals surface area contributed by atoms with Gasteiger partial charge < -0.3 is 5.32 Å². The molecule has 0 heterocycles. The van der Waals surface area contributed by atoms with Crippen molar-refractivity contribution in [3.05, 3.63) is 69.5 Å². The molecule has 0 radical (unpaired) electrons. The van der Waals surface area contributed by atoms with E-state index in [1.54, 1.807) is 6.07 Å². The van der Waals surface area contributed by atoms with Crippen LogP contribution in [0.2, 0.25) is 10.0 Å². The normalized spacial score (nSPS) is 12.4. The maximum absolute atomic E-state index is 13.6. The van der Waals surface area contributed by atoms with Gasteiger partial charge in [-0.05, 0) is 36.8 Å². The average molecular weight is 298 g/mol. The first-order valence-electron chi connectivity index (χ1n) is 5.99. The van der Waals surface area contributed by atoms with Crippen molar-refractivity contribution in [2.24, 2.45) is 0 Å². The molecule has 0 bridgehead atoms. The summed E-state index contributed by atoms with van der Waals surface area (Å²) in [6.07, 6.45) is 0. The summed E-state index contributed by atoms with van der Waals surface area (Å²) in [6.45, 7) is 2.39. The number of rotatable bonds is 4. The second kappa shape index (κ2) is 6.38. The molecule has 0 aliphatic heterocycles. The van der Waals surface area contributed by atoms with Crippen molar-refractivity contribution in [1.29, 1.82) is 0 Å². The summed E-state index contributed by atoms with van der Waals surface area (Å²) in [4.78, 5) is 0. The highest BCUT2D eigenvalue weighted by molar-refractivity contribution is 6.31. The van der Waals surface area contributed by atoms with Crippen LogP contribution >= 0.6 is 23.2 Å². The Morgan fingerprint density at radius 1 is 1.16 bits per heavy atom.